The van der Waals surface area contributed by atoms with Crippen molar-refractivity contribution in [3.8, 4) is 0 Å². The maximum atomic E-state index is 5.93. The van der Waals surface area contributed by atoms with Gasteiger partial charge in [-0.15, -0.1) is 0 Å². The second-order valence-electron chi connectivity index (χ2n) is 4.83. The SMILES string of the molecule is CC1(Nc2ccccc2N)CCCCC1. The number of nitrogens with two attached hydrogens (primary N) is 1. The Morgan fingerprint density at radius 1 is 1.13 bits per heavy atom. The first-order valence-electron chi connectivity index (χ1n) is 5.82. The van der Waals surface area contributed by atoms with Crippen LogP contribution < -0.4 is 11.1 Å². The Balaban J connectivity index is 2.10. The highest BCUT2D eigenvalue weighted by atomic mass is 15.0. The predicted molar refractivity (Wildman–Crippen MR) is 66.0 cm³/mol. The van der Waals surface area contributed by atoms with Crippen molar-refractivity contribution in [2.75, 3.05) is 11.1 Å². The molecule has 0 bridgehead atoms. The molecule has 0 spiro atoms. The van der Waals surface area contributed by atoms with Crippen LogP contribution in [0.2, 0.25) is 0 Å². The summed E-state index contributed by atoms with van der Waals surface area (Å²) < 4.78 is 0. The molecule has 0 atom stereocenters. The van der Waals surface area contributed by atoms with Crippen molar-refractivity contribution >= 4 is 11.4 Å². The molecule has 0 heterocycles. The standard InChI is InChI=1S/C13H20N2/c1-13(9-5-2-6-10-13)15-12-8-4-3-7-11(12)14/h3-4,7-8,15H,2,5-6,9-10,14H2,1H3. The summed E-state index contributed by atoms with van der Waals surface area (Å²) in [7, 11) is 0. The average molecular weight is 204 g/mol. The minimum atomic E-state index is 0.244. The monoisotopic (exact) mass is 204 g/mol. The lowest BCUT2D eigenvalue weighted by Gasteiger charge is -2.36. The van der Waals surface area contributed by atoms with E-state index in [1.54, 1.807) is 0 Å². The number of rotatable bonds is 2. The maximum absolute atomic E-state index is 5.93. The molecule has 1 aliphatic rings. The smallest absolute Gasteiger partial charge is 0.0578 e. The molecule has 3 N–H and O–H groups in total. The molecule has 0 aliphatic heterocycles. The topological polar surface area (TPSA) is 38.0 Å². The van der Waals surface area contributed by atoms with Crippen molar-refractivity contribution in [2.45, 2.75) is 44.6 Å². The summed E-state index contributed by atoms with van der Waals surface area (Å²) in [4.78, 5) is 0. The van der Waals surface area contributed by atoms with Crippen molar-refractivity contribution in [2.24, 2.45) is 0 Å². The quantitative estimate of drug-likeness (QED) is 0.724. The second kappa shape index (κ2) is 4.13. The fourth-order valence-corrected chi connectivity index (χ4v) is 2.39. The number of benzene rings is 1. The molecule has 15 heavy (non-hydrogen) atoms. The molecular formula is C13H20N2. The molecule has 0 radical (unpaired) electrons. The lowest BCUT2D eigenvalue weighted by Crippen LogP contribution is -2.36. The predicted octanol–water partition coefficient (Wildman–Crippen LogP) is 3.40. The molecule has 2 heteroatoms. The summed E-state index contributed by atoms with van der Waals surface area (Å²) in [6.07, 6.45) is 6.54. The van der Waals surface area contributed by atoms with Crippen LogP contribution in [-0.4, -0.2) is 5.54 Å². The van der Waals surface area contributed by atoms with E-state index in [0.29, 0.717) is 0 Å². The Morgan fingerprint density at radius 3 is 2.47 bits per heavy atom. The normalized spacial score (nSPS) is 19.8. The molecule has 1 saturated carbocycles. The van der Waals surface area contributed by atoms with Crippen LogP contribution in [0.5, 0.6) is 0 Å². The van der Waals surface area contributed by atoms with Crippen LogP contribution in [0.1, 0.15) is 39.0 Å². The van der Waals surface area contributed by atoms with E-state index in [9.17, 15) is 0 Å². The van der Waals surface area contributed by atoms with E-state index in [0.717, 1.165) is 11.4 Å². The van der Waals surface area contributed by atoms with Crippen molar-refractivity contribution in [1.82, 2.24) is 0 Å². The molecule has 0 amide bonds. The van der Waals surface area contributed by atoms with E-state index in [1.807, 2.05) is 18.2 Å². The number of anilines is 2. The molecule has 0 aromatic heterocycles. The highest BCUT2D eigenvalue weighted by Crippen LogP contribution is 2.32. The molecule has 1 aliphatic carbocycles. The molecule has 1 aromatic rings. The molecule has 2 nitrogen and oxygen atoms in total. The third-order valence-electron chi connectivity index (χ3n) is 3.35. The first-order chi connectivity index (χ1) is 7.20. The van der Waals surface area contributed by atoms with Gasteiger partial charge in [0.05, 0.1) is 11.4 Å². The lowest BCUT2D eigenvalue weighted by atomic mass is 9.83. The van der Waals surface area contributed by atoms with Gasteiger partial charge in [0.15, 0.2) is 0 Å². The summed E-state index contributed by atoms with van der Waals surface area (Å²) in [5.41, 5.74) is 8.11. The van der Waals surface area contributed by atoms with Crippen LogP contribution in [0.15, 0.2) is 24.3 Å². The molecule has 0 saturated heterocycles. The fraction of sp³-hybridized carbons (Fsp3) is 0.538. The van der Waals surface area contributed by atoms with E-state index in [4.69, 9.17) is 5.73 Å². The minimum absolute atomic E-state index is 0.244. The number of para-hydroxylation sites is 2. The Morgan fingerprint density at radius 2 is 1.80 bits per heavy atom. The van der Waals surface area contributed by atoms with Crippen molar-refractivity contribution in [3.05, 3.63) is 24.3 Å². The zero-order chi connectivity index (χ0) is 10.7. The molecule has 2 rings (SSSR count). The van der Waals surface area contributed by atoms with E-state index >= 15 is 0 Å². The molecule has 0 unspecified atom stereocenters. The van der Waals surface area contributed by atoms with Crippen LogP contribution in [0.4, 0.5) is 11.4 Å². The summed E-state index contributed by atoms with van der Waals surface area (Å²) in [5, 5.41) is 3.60. The van der Waals surface area contributed by atoms with Gasteiger partial charge in [-0.3, -0.25) is 0 Å². The first kappa shape index (κ1) is 10.3. The van der Waals surface area contributed by atoms with E-state index < -0.39 is 0 Å². The Labute approximate surface area is 91.9 Å². The van der Waals surface area contributed by atoms with Crippen molar-refractivity contribution in [3.63, 3.8) is 0 Å². The Hall–Kier alpha value is -1.18. The van der Waals surface area contributed by atoms with E-state index in [2.05, 4.69) is 18.3 Å². The summed E-state index contributed by atoms with van der Waals surface area (Å²) in [5.74, 6) is 0. The van der Waals surface area contributed by atoms with Crippen LogP contribution in [0.25, 0.3) is 0 Å². The molecule has 1 fully saturated rings. The second-order valence-corrected chi connectivity index (χ2v) is 4.83. The molecule has 82 valence electrons. The fourth-order valence-electron chi connectivity index (χ4n) is 2.39. The van der Waals surface area contributed by atoms with Gasteiger partial charge in [0.25, 0.3) is 0 Å². The van der Waals surface area contributed by atoms with Crippen LogP contribution in [-0.2, 0) is 0 Å². The van der Waals surface area contributed by atoms with Gasteiger partial charge in [0.2, 0.25) is 0 Å². The summed E-state index contributed by atoms with van der Waals surface area (Å²) in [6.45, 7) is 2.30. The van der Waals surface area contributed by atoms with Gasteiger partial charge >= 0.3 is 0 Å². The summed E-state index contributed by atoms with van der Waals surface area (Å²) >= 11 is 0. The number of hydrogen-bond acceptors (Lipinski definition) is 2. The third-order valence-corrected chi connectivity index (χ3v) is 3.35. The van der Waals surface area contributed by atoms with E-state index in [-0.39, 0.29) is 5.54 Å². The maximum Gasteiger partial charge on any atom is 0.0578 e. The van der Waals surface area contributed by atoms with Crippen molar-refractivity contribution < 1.29 is 0 Å². The highest BCUT2D eigenvalue weighted by Gasteiger charge is 2.26. The van der Waals surface area contributed by atoms with E-state index in [1.165, 1.54) is 32.1 Å². The van der Waals surface area contributed by atoms with Gasteiger partial charge in [-0.2, -0.15) is 0 Å². The van der Waals surface area contributed by atoms with Crippen LogP contribution in [0, 0.1) is 0 Å². The highest BCUT2D eigenvalue weighted by molar-refractivity contribution is 5.66. The average Bonchev–Trinajstić information content (AvgIpc) is 2.22. The van der Waals surface area contributed by atoms with Gasteiger partial charge < -0.3 is 11.1 Å². The largest absolute Gasteiger partial charge is 0.397 e. The first-order valence-corrected chi connectivity index (χ1v) is 5.82. The molecular weight excluding hydrogens is 184 g/mol. The minimum Gasteiger partial charge on any atom is -0.397 e. The number of hydrogen-bond donors (Lipinski definition) is 2. The van der Waals surface area contributed by atoms with Gasteiger partial charge in [-0.05, 0) is 31.9 Å². The van der Waals surface area contributed by atoms with Crippen LogP contribution >= 0.6 is 0 Å². The van der Waals surface area contributed by atoms with Gasteiger partial charge in [0, 0.05) is 5.54 Å². The third kappa shape index (κ3) is 2.44. The zero-order valence-electron chi connectivity index (χ0n) is 9.42. The lowest BCUT2D eigenvalue weighted by molar-refractivity contribution is 0.349. The number of nitrogen functional groups attached to an aromatic ring is 1. The van der Waals surface area contributed by atoms with Gasteiger partial charge in [0.1, 0.15) is 0 Å². The Kier molecular flexibility index (Phi) is 2.85. The Bertz CT molecular complexity index is 327. The number of nitrogens with one attached hydrogen (secondary N) is 1. The van der Waals surface area contributed by atoms with Gasteiger partial charge in [-0.1, -0.05) is 31.4 Å². The van der Waals surface area contributed by atoms with Crippen molar-refractivity contribution in [1.29, 1.82) is 0 Å². The van der Waals surface area contributed by atoms with Crippen LogP contribution in [0.3, 0.4) is 0 Å². The molecule has 1 aromatic carbocycles. The van der Waals surface area contributed by atoms with Gasteiger partial charge in [-0.25, -0.2) is 0 Å². The zero-order valence-corrected chi connectivity index (χ0v) is 9.42. The summed E-state index contributed by atoms with van der Waals surface area (Å²) in [6, 6.07) is 8.03.